The topological polar surface area (TPSA) is 37.3 Å². The minimum atomic E-state index is -0.885. The normalized spacial score (nSPS) is 11.0. The Labute approximate surface area is 160 Å². The van der Waals surface area contributed by atoms with Gasteiger partial charge in [0.15, 0.2) is 0 Å². The summed E-state index contributed by atoms with van der Waals surface area (Å²) in [6, 6.07) is 22.2. The summed E-state index contributed by atoms with van der Waals surface area (Å²) < 4.78 is 0. The van der Waals surface area contributed by atoms with Crippen LogP contribution < -0.4 is 0 Å². The monoisotopic (exact) mass is 356 g/mol. The van der Waals surface area contributed by atoms with Crippen molar-refractivity contribution >= 4 is 12.0 Å². The van der Waals surface area contributed by atoms with Crippen LogP contribution >= 0.6 is 0 Å². The van der Waals surface area contributed by atoms with Gasteiger partial charge in [0.25, 0.3) is 0 Å². The van der Waals surface area contributed by atoms with Gasteiger partial charge >= 0.3 is 5.97 Å². The number of carboxylic acid groups (broad SMARTS) is 1. The number of benzene rings is 3. The Hall–Kier alpha value is -3.13. The van der Waals surface area contributed by atoms with Crippen molar-refractivity contribution in [2.45, 2.75) is 26.7 Å². The van der Waals surface area contributed by atoms with E-state index in [0.29, 0.717) is 5.56 Å². The van der Waals surface area contributed by atoms with Crippen LogP contribution in [-0.2, 0) is 6.42 Å². The molecule has 3 aromatic rings. The zero-order chi connectivity index (χ0) is 19.2. The fraction of sp³-hybridized carbons (Fsp3) is 0.160. The summed E-state index contributed by atoms with van der Waals surface area (Å²) in [7, 11) is 0. The number of rotatable bonds is 6. The van der Waals surface area contributed by atoms with Crippen molar-refractivity contribution in [1.82, 2.24) is 0 Å². The summed E-state index contributed by atoms with van der Waals surface area (Å²) >= 11 is 0. The highest BCUT2D eigenvalue weighted by molar-refractivity contribution is 5.87. The Morgan fingerprint density at radius 3 is 2.30 bits per heavy atom. The predicted molar refractivity (Wildman–Crippen MR) is 112 cm³/mol. The molecule has 0 atom stereocenters. The summed E-state index contributed by atoms with van der Waals surface area (Å²) in [5.74, 6) is -0.885. The highest BCUT2D eigenvalue weighted by Gasteiger charge is 2.05. The van der Waals surface area contributed by atoms with E-state index in [1.165, 1.54) is 27.8 Å². The number of aromatic carboxylic acids is 1. The van der Waals surface area contributed by atoms with Gasteiger partial charge in [-0.2, -0.15) is 0 Å². The van der Waals surface area contributed by atoms with E-state index in [-0.39, 0.29) is 0 Å². The number of hydrogen-bond acceptors (Lipinski definition) is 1. The number of aryl methyl sites for hydroxylation is 3. The molecule has 136 valence electrons. The molecule has 2 heteroatoms. The molecule has 0 bridgehead atoms. The summed E-state index contributed by atoms with van der Waals surface area (Å²) in [6.07, 6.45) is 6.21. The fourth-order valence-corrected chi connectivity index (χ4v) is 3.15. The summed E-state index contributed by atoms with van der Waals surface area (Å²) in [6.45, 7) is 4.24. The Morgan fingerprint density at radius 2 is 1.63 bits per heavy atom. The van der Waals surface area contributed by atoms with Crippen molar-refractivity contribution in [3.63, 3.8) is 0 Å². The molecule has 0 radical (unpaired) electrons. The van der Waals surface area contributed by atoms with E-state index < -0.39 is 5.97 Å². The summed E-state index contributed by atoms with van der Waals surface area (Å²) in [5.41, 5.74) is 7.73. The molecule has 1 N–H and O–H groups in total. The maximum absolute atomic E-state index is 10.9. The van der Waals surface area contributed by atoms with Crippen molar-refractivity contribution in [3.05, 3.63) is 101 Å². The van der Waals surface area contributed by atoms with Crippen LogP contribution in [-0.4, -0.2) is 11.1 Å². The smallest absolute Gasteiger partial charge is 0.335 e. The third-order valence-electron chi connectivity index (χ3n) is 4.77. The Kier molecular flexibility index (Phi) is 5.87. The lowest BCUT2D eigenvalue weighted by Crippen LogP contribution is -1.95. The Balaban J connectivity index is 1.73. The molecule has 0 unspecified atom stereocenters. The number of carboxylic acids is 1. The van der Waals surface area contributed by atoms with Gasteiger partial charge in [0, 0.05) is 0 Å². The van der Waals surface area contributed by atoms with E-state index in [1.54, 1.807) is 12.1 Å². The van der Waals surface area contributed by atoms with Gasteiger partial charge in [0.2, 0.25) is 0 Å². The second-order valence-electron chi connectivity index (χ2n) is 6.85. The quantitative estimate of drug-likeness (QED) is 0.561. The minimum Gasteiger partial charge on any atom is -0.478 e. The van der Waals surface area contributed by atoms with E-state index in [9.17, 15) is 4.79 Å². The SMILES string of the molecule is Cc1ccc(-c2cccc(C)c2/C=C/CCc2ccc(C(=O)O)cc2)cc1. The van der Waals surface area contributed by atoms with Crippen LogP contribution in [0.2, 0.25) is 0 Å². The van der Waals surface area contributed by atoms with Gasteiger partial charge in [-0.25, -0.2) is 4.79 Å². The van der Waals surface area contributed by atoms with E-state index in [0.717, 1.165) is 18.4 Å². The highest BCUT2D eigenvalue weighted by atomic mass is 16.4. The van der Waals surface area contributed by atoms with E-state index in [4.69, 9.17) is 5.11 Å². The van der Waals surface area contributed by atoms with Crippen LogP contribution in [0, 0.1) is 13.8 Å². The lowest BCUT2D eigenvalue weighted by atomic mass is 9.95. The zero-order valence-corrected chi connectivity index (χ0v) is 15.8. The third kappa shape index (κ3) is 4.73. The van der Waals surface area contributed by atoms with Gasteiger partial charge in [-0.1, -0.05) is 72.3 Å². The molecule has 0 aliphatic heterocycles. The lowest BCUT2D eigenvalue weighted by molar-refractivity contribution is 0.0697. The molecule has 0 heterocycles. The standard InChI is InChI=1S/C25H24O2/c1-18-10-14-21(15-11-18)24-9-5-6-19(2)23(24)8-4-3-7-20-12-16-22(17-13-20)25(26)27/h4-6,8-17H,3,7H2,1-2H3,(H,26,27)/b8-4+. The van der Waals surface area contributed by atoms with Crippen LogP contribution in [0.3, 0.4) is 0 Å². The lowest BCUT2D eigenvalue weighted by Gasteiger charge is -2.10. The largest absolute Gasteiger partial charge is 0.478 e. The highest BCUT2D eigenvalue weighted by Crippen LogP contribution is 2.27. The molecule has 27 heavy (non-hydrogen) atoms. The van der Waals surface area contributed by atoms with Crippen LogP contribution in [0.4, 0.5) is 0 Å². The molecular formula is C25H24O2. The molecule has 0 saturated carbocycles. The first-order valence-electron chi connectivity index (χ1n) is 9.20. The van der Waals surface area contributed by atoms with Crippen LogP contribution in [0.15, 0.2) is 72.8 Å². The summed E-state index contributed by atoms with van der Waals surface area (Å²) in [4.78, 5) is 10.9. The van der Waals surface area contributed by atoms with Gasteiger partial charge in [-0.05, 0) is 66.6 Å². The average molecular weight is 356 g/mol. The average Bonchev–Trinajstić information content (AvgIpc) is 2.67. The molecular weight excluding hydrogens is 332 g/mol. The Bertz CT molecular complexity index is 949. The number of hydrogen-bond donors (Lipinski definition) is 1. The maximum Gasteiger partial charge on any atom is 0.335 e. The molecule has 0 aliphatic carbocycles. The summed E-state index contributed by atoms with van der Waals surface area (Å²) in [5, 5.41) is 8.97. The van der Waals surface area contributed by atoms with E-state index >= 15 is 0 Å². The van der Waals surface area contributed by atoms with Crippen LogP contribution in [0.25, 0.3) is 17.2 Å². The molecule has 0 spiro atoms. The molecule has 2 nitrogen and oxygen atoms in total. The van der Waals surface area contributed by atoms with Crippen molar-refractivity contribution < 1.29 is 9.90 Å². The molecule has 0 fully saturated rings. The van der Waals surface area contributed by atoms with Crippen LogP contribution in [0.5, 0.6) is 0 Å². The fourth-order valence-electron chi connectivity index (χ4n) is 3.15. The minimum absolute atomic E-state index is 0.331. The molecule has 0 amide bonds. The third-order valence-corrected chi connectivity index (χ3v) is 4.77. The molecule has 0 saturated heterocycles. The van der Waals surface area contributed by atoms with Crippen molar-refractivity contribution in [2.75, 3.05) is 0 Å². The van der Waals surface area contributed by atoms with Gasteiger partial charge < -0.3 is 5.11 Å². The Morgan fingerprint density at radius 1 is 0.926 bits per heavy atom. The van der Waals surface area contributed by atoms with Gasteiger partial charge in [0.05, 0.1) is 5.56 Å². The second-order valence-corrected chi connectivity index (χ2v) is 6.85. The molecule has 0 aromatic heterocycles. The maximum atomic E-state index is 10.9. The molecule has 3 rings (SSSR count). The predicted octanol–water partition coefficient (Wildman–Crippen LogP) is 6.31. The first kappa shape index (κ1) is 18.7. The first-order valence-corrected chi connectivity index (χ1v) is 9.20. The van der Waals surface area contributed by atoms with E-state index in [1.807, 2.05) is 12.1 Å². The number of carbonyl (C=O) groups is 1. The molecule has 0 aliphatic rings. The van der Waals surface area contributed by atoms with Gasteiger partial charge in [-0.15, -0.1) is 0 Å². The van der Waals surface area contributed by atoms with Crippen LogP contribution in [0.1, 0.15) is 39.0 Å². The zero-order valence-electron chi connectivity index (χ0n) is 15.8. The number of allylic oxidation sites excluding steroid dienone is 1. The van der Waals surface area contributed by atoms with Crippen molar-refractivity contribution in [3.8, 4) is 11.1 Å². The second kappa shape index (κ2) is 8.50. The van der Waals surface area contributed by atoms with Gasteiger partial charge in [-0.3, -0.25) is 0 Å². The first-order chi connectivity index (χ1) is 13.0. The molecule has 3 aromatic carbocycles. The van der Waals surface area contributed by atoms with Crippen molar-refractivity contribution in [2.24, 2.45) is 0 Å². The van der Waals surface area contributed by atoms with E-state index in [2.05, 4.69) is 68.5 Å². The van der Waals surface area contributed by atoms with Gasteiger partial charge in [0.1, 0.15) is 0 Å². The van der Waals surface area contributed by atoms with Crippen molar-refractivity contribution in [1.29, 1.82) is 0 Å².